The number of nitrogens with one attached hydrogen (secondary N) is 1. The van der Waals surface area contributed by atoms with Crippen molar-refractivity contribution in [2.45, 2.75) is 19.3 Å². The Morgan fingerprint density at radius 2 is 2.31 bits per heavy atom. The van der Waals surface area contributed by atoms with Crippen LogP contribution >= 0.6 is 11.8 Å². The normalized spacial score (nSPS) is 27.7. The van der Waals surface area contributed by atoms with Gasteiger partial charge in [-0.2, -0.15) is 0 Å². The van der Waals surface area contributed by atoms with E-state index in [1.807, 2.05) is 0 Å². The van der Waals surface area contributed by atoms with Crippen molar-refractivity contribution in [1.82, 2.24) is 5.32 Å². The van der Waals surface area contributed by atoms with Crippen molar-refractivity contribution in [2.24, 2.45) is 11.8 Å². The van der Waals surface area contributed by atoms with Crippen molar-refractivity contribution in [3.63, 3.8) is 0 Å². The molecular weight excluding hydrogens is 186 g/mol. The fourth-order valence-corrected chi connectivity index (χ4v) is 2.37. The van der Waals surface area contributed by atoms with E-state index in [9.17, 15) is 9.59 Å². The van der Waals surface area contributed by atoms with E-state index in [4.69, 9.17) is 0 Å². The van der Waals surface area contributed by atoms with Gasteiger partial charge in [0.05, 0.1) is 5.92 Å². The van der Waals surface area contributed by atoms with Crippen LogP contribution in [0.3, 0.4) is 0 Å². The van der Waals surface area contributed by atoms with Gasteiger partial charge in [0, 0.05) is 18.7 Å². The van der Waals surface area contributed by atoms with E-state index in [1.54, 1.807) is 0 Å². The van der Waals surface area contributed by atoms with E-state index in [1.165, 1.54) is 24.6 Å². The van der Waals surface area contributed by atoms with E-state index in [0.717, 1.165) is 6.54 Å². The van der Waals surface area contributed by atoms with E-state index in [2.05, 4.69) is 5.32 Å². The van der Waals surface area contributed by atoms with Crippen molar-refractivity contribution < 1.29 is 9.59 Å². The Labute approximate surface area is 81.6 Å². The van der Waals surface area contributed by atoms with Crippen LogP contribution in [-0.4, -0.2) is 23.3 Å². The van der Waals surface area contributed by atoms with Gasteiger partial charge >= 0.3 is 0 Å². The summed E-state index contributed by atoms with van der Waals surface area (Å²) >= 11 is 1.28. The van der Waals surface area contributed by atoms with Crippen molar-refractivity contribution >= 4 is 22.8 Å². The highest BCUT2D eigenvalue weighted by atomic mass is 32.2. The molecule has 1 saturated carbocycles. The molecule has 0 aromatic carbocycles. The molecule has 1 aliphatic heterocycles. The number of carbonyl (C=O) groups is 2. The quantitative estimate of drug-likeness (QED) is 0.731. The lowest BCUT2D eigenvalue weighted by Crippen LogP contribution is -2.32. The maximum atomic E-state index is 11.4. The van der Waals surface area contributed by atoms with Gasteiger partial charge in [0.25, 0.3) is 0 Å². The smallest absolute Gasteiger partial charge is 0.224 e. The van der Waals surface area contributed by atoms with Gasteiger partial charge in [-0.3, -0.25) is 9.59 Å². The molecule has 72 valence electrons. The molecule has 3 nitrogen and oxygen atoms in total. The molecule has 1 aliphatic carbocycles. The van der Waals surface area contributed by atoms with Crippen LogP contribution in [0.2, 0.25) is 0 Å². The number of thioether (sulfide) groups is 1. The van der Waals surface area contributed by atoms with Gasteiger partial charge in [0.15, 0.2) is 5.12 Å². The summed E-state index contributed by atoms with van der Waals surface area (Å²) in [7, 11) is 0. The zero-order valence-electron chi connectivity index (χ0n) is 7.41. The molecule has 2 rings (SSSR count). The van der Waals surface area contributed by atoms with Crippen LogP contribution in [0.15, 0.2) is 0 Å². The van der Waals surface area contributed by atoms with Crippen LogP contribution in [-0.2, 0) is 9.59 Å². The molecule has 0 spiro atoms. The number of rotatable bonds is 3. The van der Waals surface area contributed by atoms with Crippen LogP contribution < -0.4 is 5.32 Å². The molecule has 1 amide bonds. The fourth-order valence-electron chi connectivity index (χ4n) is 1.39. The molecule has 4 heteroatoms. The minimum Gasteiger partial charge on any atom is -0.356 e. The molecule has 0 aromatic heterocycles. The van der Waals surface area contributed by atoms with Gasteiger partial charge in [-0.25, -0.2) is 0 Å². The van der Waals surface area contributed by atoms with E-state index < -0.39 is 0 Å². The van der Waals surface area contributed by atoms with E-state index in [-0.39, 0.29) is 16.9 Å². The summed E-state index contributed by atoms with van der Waals surface area (Å²) in [5.41, 5.74) is 0. The molecule has 0 aromatic rings. The zero-order valence-corrected chi connectivity index (χ0v) is 8.23. The summed E-state index contributed by atoms with van der Waals surface area (Å²) in [5, 5.41) is 3.06. The average molecular weight is 199 g/mol. The Balaban J connectivity index is 1.72. The van der Waals surface area contributed by atoms with Gasteiger partial charge < -0.3 is 5.32 Å². The van der Waals surface area contributed by atoms with Gasteiger partial charge in [0.2, 0.25) is 5.91 Å². The van der Waals surface area contributed by atoms with Gasteiger partial charge in [-0.05, 0) is 18.8 Å². The Hall–Kier alpha value is -0.510. The zero-order chi connectivity index (χ0) is 9.26. The molecule has 0 radical (unpaired) electrons. The summed E-state index contributed by atoms with van der Waals surface area (Å²) in [6, 6.07) is 0. The monoisotopic (exact) mass is 199 g/mol. The standard InChI is InChI=1S/C9H13NO2S/c11-8-3-7(5-13-8)9(12)10-4-6-1-2-6/h6-7H,1-5H2,(H,10,12). The third kappa shape index (κ3) is 2.46. The van der Waals surface area contributed by atoms with Gasteiger partial charge in [-0.15, -0.1) is 0 Å². The molecule has 1 saturated heterocycles. The number of hydrogen-bond donors (Lipinski definition) is 1. The topological polar surface area (TPSA) is 46.2 Å². The molecular formula is C9H13NO2S. The number of amides is 1. The van der Waals surface area contributed by atoms with Crippen molar-refractivity contribution in [2.75, 3.05) is 12.3 Å². The molecule has 1 atom stereocenters. The highest BCUT2D eigenvalue weighted by molar-refractivity contribution is 8.14. The van der Waals surface area contributed by atoms with Crippen LogP contribution in [0, 0.1) is 11.8 Å². The number of carbonyl (C=O) groups excluding carboxylic acids is 2. The summed E-state index contributed by atoms with van der Waals surface area (Å²) < 4.78 is 0. The largest absolute Gasteiger partial charge is 0.356 e. The third-order valence-corrected chi connectivity index (χ3v) is 3.55. The predicted molar refractivity (Wildman–Crippen MR) is 51.3 cm³/mol. The Morgan fingerprint density at radius 1 is 1.54 bits per heavy atom. The minimum absolute atomic E-state index is 0.0590. The summed E-state index contributed by atoms with van der Waals surface area (Å²) in [4.78, 5) is 22.3. The van der Waals surface area contributed by atoms with Gasteiger partial charge in [-0.1, -0.05) is 11.8 Å². The minimum atomic E-state index is -0.0590. The lowest BCUT2D eigenvalue weighted by Gasteiger charge is -2.07. The van der Waals surface area contributed by atoms with Gasteiger partial charge in [0.1, 0.15) is 0 Å². The predicted octanol–water partition coefficient (Wildman–Crippen LogP) is 0.792. The average Bonchev–Trinajstić information content (AvgIpc) is 2.84. The van der Waals surface area contributed by atoms with E-state index >= 15 is 0 Å². The molecule has 2 aliphatic rings. The van der Waals surface area contributed by atoms with E-state index in [0.29, 0.717) is 18.1 Å². The number of hydrogen-bond acceptors (Lipinski definition) is 3. The lowest BCUT2D eigenvalue weighted by molar-refractivity contribution is -0.126. The van der Waals surface area contributed by atoms with Crippen LogP contribution in [0.25, 0.3) is 0 Å². The molecule has 1 unspecified atom stereocenters. The molecule has 2 fully saturated rings. The second-order valence-corrected chi connectivity index (χ2v) is 4.85. The first-order valence-corrected chi connectivity index (χ1v) is 5.67. The van der Waals surface area contributed by atoms with Crippen molar-refractivity contribution in [3.05, 3.63) is 0 Å². The first-order valence-electron chi connectivity index (χ1n) is 4.69. The third-order valence-electron chi connectivity index (χ3n) is 2.49. The summed E-state index contributed by atoms with van der Waals surface area (Å²) in [5.74, 6) is 1.41. The lowest BCUT2D eigenvalue weighted by atomic mass is 10.1. The second-order valence-electron chi connectivity index (χ2n) is 3.77. The van der Waals surface area contributed by atoms with Crippen LogP contribution in [0.5, 0.6) is 0 Å². The first kappa shape index (κ1) is 9.06. The van der Waals surface area contributed by atoms with Crippen molar-refractivity contribution in [3.8, 4) is 0 Å². The summed E-state index contributed by atoms with van der Waals surface area (Å²) in [6.45, 7) is 0.814. The maximum absolute atomic E-state index is 11.4. The SMILES string of the molecule is O=C1CC(C(=O)NCC2CC2)CS1. The van der Waals surface area contributed by atoms with Crippen molar-refractivity contribution in [1.29, 1.82) is 0 Å². The second kappa shape index (κ2) is 3.70. The van der Waals surface area contributed by atoms with Crippen LogP contribution in [0.1, 0.15) is 19.3 Å². The molecule has 1 N–H and O–H groups in total. The first-order chi connectivity index (χ1) is 6.25. The Kier molecular flexibility index (Phi) is 2.58. The summed E-state index contributed by atoms with van der Waals surface area (Å²) in [6.07, 6.45) is 2.93. The molecule has 0 bridgehead atoms. The fraction of sp³-hybridized carbons (Fsp3) is 0.778. The highest BCUT2D eigenvalue weighted by Crippen LogP contribution is 2.28. The molecule has 1 heterocycles. The molecule has 13 heavy (non-hydrogen) atoms. The Morgan fingerprint density at radius 3 is 2.85 bits per heavy atom. The maximum Gasteiger partial charge on any atom is 0.224 e. The Bertz CT molecular complexity index is 238. The van der Waals surface area contributed by atoms with Crippen LogP contribution in [0.4, 0.5) is 0 Å². The highest BCUT2D eigenvalue weighted by Gasteiger charge is 2.30.